The Morgan fingerprint density at radius 2 is 1.94 bits per heavy atom. The summed E-state index contributed by atoms with van der Waals surface area (Å²) in [5.74, 6) is 0.792. The van der Waals surface area contributed by atoms with E-state index in [9.17, 15) is 10.2 Å². The Kier molecular flexibility index (Phi) is 4.12. The van der Waals surface area contributed by atoms with Crippen LogP contribution in [0.4, 0.5) is 0 Å². The number of rotatable bonds is 5. The zero-order chi connectivity index (χ0) is 13.0. The third-order valence-corrected chi connectivity index (χ3v) is 3.04. The molecule has 0 amide bonds. The van der Waals surface area contributed by atoms with Gasteiger partial charge in [-0.1, -0.05) is 30.3 Å². The molecule has 4 nitrogen and oxygen atoms in total. The van der Waals surface area contributed by atoms with E-state index in [-0.39, 0.29) is 0 Å². The van der Waals surface area contributed by atoms with Crippen molar-refractivity contribution in [3.63, 3.8) is 0 Å². The minimum absolute atomic E-state index is 0.344. The highest BCUT2D eigenvalue weighted by Gasteiger charge is 2.20. The summed E-state index contributed by atoms with van der Waals surface area (Å²) in [5, 5.41) is 20.1. The smallest absolute Gasteiger partial charge is 0.111 e. The fraction of sp³-hybridized carbons (Fsp3) is 0.357. The average Bonchev–Trinajstić information content (AvgIpc) is 2.86. The number of nitrogens with zero attached hydrogens (tertiary/aromatic N) is 2. The van der Waals surface area contributed by atoms with Gasteiger partial charge in [0.25, 0.3) is 0 Å². The van der Waals surface area contributed by atoms with E-state index in [1.807, 2.05) is 35.9 Å². The second-order valence-corrected chi connectivity index (χ2v) is 4.26. The Hall–Kier alpha value is -1.65. The Morgan fingerprint density at radius 3 is 2.61 bits per heavy atom. The highest BCUT2D eigenvalue weighted by atomic mass is 16.3. The summed E-state index contributed by atoms with van der Waals surface area (Å²) in [6, 6.07) is 9.18. The summed E-state index contributed by atoms with van der Waals surface area (Å²) in [4.78, 5) is 4.19. The molecule has 1 aromatic carbocycles. The van der Waals surface area contributed by atoms with E-state index in [4.69, 9.17) is 0 Å². The lowest BCUT2D eigenvalue weighted by atomic mass is 10.0. The summed E-state index contributed by atoms with van der Waals surface area (Å²) in [5.41, 5.74) is 0.722. The average molecular weight is 246 g/mol. The second kappa shape index (κ2) is 5.80. The molecule has 0 bridgehead atoms. The molecule has 1 heterocycles. The van der Waals surface area contributed by atoms with Gasteiger partial charge in [0.1, 0.15) is 11.9 Å². The lowest BCUT2D eigenvalue weighted by Gasteiger charge is -2.18. The molecule has 0 aliphatic carbocycles. The lowest BCUT2D eigenvalue weighted by molar-refractivity contribution is 0.0173. The third kappa shape index (κ3) is 2.78. The van der Waals surface area contributed by atoms with E-state index in [2.05, 4.69) is 4.98 Å². The van der Waals surface area contributed by atoms with Gasteiger partial charge < -0.3 is 14.8 Å². The van der Waals surface area contributed by atoms with Crippen molar-refractivity contribution in [1.82, 2.24) is 9.55 Å². The third-order valence-electron chi connectivity index (χ3n) is 3.04. The molecule has 0 radical (unpaired) electrons. The molecule has 2 unspecified atom stereocenters. The van der Waals surface area contributed by atoms with Gasteiger partial charge in [-0.05, 0) is 12.5 Å². The molecule has 0 spiro atoms. The Labute approximate surface area is 107 Å². The van der Waals surface area contributed by atoms with Crippen LogP contribution in [-0.4, -0.2) is 25.9 Å². The van der Waals surface area contributed by atoms with E-state index in [0.717, 1.165) is 17.9 Å². The molecule has 2 N–H and O–H groups in total. The maximum absolute atomic E-state index is 10.1. The second-order valence-electron chi connectivity index (χ2n) is 4.26. The summed E-state index contributed by atoms with van der Waals surface area (Å²) in [6.07, 6.45) is 2.20. The van der Waals surface area contributed by atoms with Gasteiger partial charge in [0.2, 0.25) is 0 Å². The summed E-state index contributed by atoms with van der Waals surface area (Å²) in [7, 11) is 0. The fourth-order valence-corrected chi connectivity index (χ4v) is 1.99. The molecule has 1 aromatic heterocycles. The van der Waals surface area contributed by atoms with Crippen LogP contribution in [0.5, 0.6) is 0 Å². The van der Waals surface area contributed by atoms with Crippen LogP contribution in [-0.2, 0) is 13.0 Å². The molecule has 96 valence electrons. The minimum Gasteiger partial charge on any atom is -0.390 e. The fourth-order valence-electron chi connectivity index (χ4n) is 1.99. The van der Waals surface area contributed by atoms with Crippen molar-refractivity contribution in [3.05, 3.63) is 54.1 Å². The van der Waals surface area contributed by atoms with Gasteiger partial charge in [-0.25, -0.2) is 4.98 Å². The molecule has 2 rings (SSSR count). The molecule has 0 fully saturated rings. The monoisotopic (exact) mass is 246 g/mol. The SMILES string of the molecule is CCn1ccnc1CC(O)C(O)c1ccccc1. The molecule has 0 saturated carbocycles. The highest BCUT2D eigenvalue weighted by Crippen LogP contribution is 2.18. The highest BCUT2D eigenvalue weighted by molar-refractivity contribution is 5.18. The summed E-state index contributed by atoms with van der Waals surface area (Å²) >= 11 is 0. The molecule has 4 heteroatoms. The van der Waals surface area contributed by atoms with Gasteiger partial charge in [0.05, 0.1) is 6.10 Å². The van der Waals surface area contributed by atoms with Crippen LogP contribution in [0.2, 0.25) is 0 Å². The summed E-state index contributed by atoms with van der Waals surface area (Å²) < 4.78 is 1.96. The van der Waals surface area contributed by atoms with Crippen LogP contribution >= 0.6 is 0 Å². The Morgan fingerprint density at radius 1 is 1.22 bits per heavy atom. The van der Waals surface area contributed by atoms with Gasteiger partial charge in [-0.3, -0.25) is 0 Å². The molecular weight excluding hydrogens is 228 g/mol. The number of aromatic nitrogens is 2. The van der Waals surface area contributed by atoms with Crippen molar-refractivity contribution in [2.24, 2.45) is 0 Å². The van der Waals surface area contributed by atoms with Crippen LogP contribution < -0.4 is 0 Å². The van der Waals surface area contributed by atoms with Gasteiger partial charge in [-0.2, -0.15) is 0 Å². The molecular formula is C14H18N2O2. The maximum Gasteiger partial charge on any atom is 0.111 e. The number of imidazole rings is 1. The van der Waals surface area contributed by atoms with Crippen molar-refractivity contribution in [1.29, 1.82) is 0 Å². The van der Waals surface area contributed by atoms with Crippen LogP contribution in [0.1, 0.15) is 24.4 Å². The molecule has 18 heavy (non-hydrogen) atoms. The number of hydrogen-bond donors (Lipinski definition) is 2. The first-order valence-corrected chi connectivity index (χ1v) is 6.13. The van der Waals surface area contributed by atoms with Crippen LogP contribution in [0, 0.1) is 0 Å². The van der Waals surface area contributed by atoms with Gasteiger partial charge in [0, 0.05) is 25.4 Å². The maximum atomic E-state index is 10.1. The predicted molar refractivity (Wildman–Crippen MR) is 69.0 cm³/mol. The first-order chi connectivity index (χ1) is 8.72. The zero-order valence-corrected chi connectivity index (χ0v) is 10.4. The number of aliphatic hydroxyl groups is 2. The van der Waals surface area contributed by atoms with Crippen LogP contribution in [0.25, 0.3) is 0 Å². The van der Waals surface area contributed by atoms with Gasteiger partial charge >= 0.3 is 0 Å². The van der Waals surface area contributed by atoms with E-state index >= 15 is 0 Å². The minimum atomic E-state index is -0.881. The van der Waals surface area contributed by atoms with Crippen molar-refractivity contribution >= 4 is 0 Å². The largest absolute Gasteiger partial charge is 0.390 e. The van der Waals surface area contributed by atoms with Gasteiger partial charge in [0.15, 0.2) is 0 Å². The van der Waals surface area contributed by atoms with Gasteiger partial charge in [-0.15, -0.1) is 0 Å². The molecule has 2 aromatic rings. The first-order valence-electron chi connectivity index (χ1n) is 6.13. The normalized spacial score (nSPS) is 14.4. The number of aliphatic hydroxyl groups excluding tert-OH is 2. The van der Waals surface area contributed by atoms with Crippen molar-refractivity contribution in [3.8, 4) is 0 Å². The number of aryl methyl sites for hydroxylation is 1. The van der Waals surface area contributed by atoms with E-state index in [1.54, 1.807) is 18.3 Å². The van der Waals surface area contributed by atoms with Crippen LogP contribution in [0.3, 0.4) is 0 Å². The van der Waals surface area contributed by atoms with E-state index in [0.29, 0.717) is 6.42 Å². The van der Waals surface area contributed by atoms with E-state index in [1.165, 1.54) is 0 Å². The Balaban J connectivity index is 2.06. The van der Waals surface area contributed by atoms with Crippen molar-refractivity contribution in [2.75, 3.05) is 0 Å². The van der Waals surface area contributed by atoms with E-state index < -0.39 is 12.2 Å². The topological polar surface area (TPSA) is 58.3 Å². The molecule has 0 aliphatic rings. The Bertz CT molecular complexity index is 482. The number of hydrogen-bond acceptors (Lipinski definition) is 3. The zero-order valence-electron chi connectivity index (χ0n) is 10.4. The number of benzene rings is 1. The molecule has 2 atom stereocenters. The van der Waals surface area contributed by atoms with Crippen LogP contribution in [0.15, 0.2) is 42.7 Å². The quantitative estimate of drug-likeness (QED) is 0.841. The van der Waals surface area contributed by atoms with Crippen molar-refractivity contribution < 1.29 is 10.2 Å². The first kappa shape index (κ1) is 12.8. The predicted octanol–water partition coefficient (Wildman–Crippen LogP) is 1.54. The standard InChI is InChI=1S/C14H18N2O2/c1-2-16-9-8-15-13(16)10-12(17)14(18)11-6-4-3-5-7-11/h3-9,12,14,17-18H,2,10H2,1H3. The molecule has 0 saturated heterocycles. The summed E-state index contributed by atoms with van der Waals surface area (Å²) in [6.45, 7) is 2.83. The van der Waals surface area contributed by atoms with Crippen molar-refractivity contribution in [2.45, 2.75) is 32.1 Å². The lowest BCUT2D eigenvalue weighted by Crippen LogP contribution is -2.22. The molecule has 0 aliphatic heterocycles.